The summed E-state index contributed by atoms with van der Waals surface area (Å²) in [4.78, 5) is 11.8. The summed E-state index contributed by atoms with van der Waals surface area (Å²) in [6.07, 6.45) is 1.02. The molecule has 0 aliphatic carbocycles. The van der Waals surface area contributed by atoms with E-state index in [1.54, 1.807) is 0 Å². The Morgan fingerprint density at radius 2 is 2.18 bits per heavy atom. The largest absolute Gasteiger partial charge is 0.355 e. The number of hydrogen-bond donors (Lipinski definition) is 2. The number of hydrogen-bond acceptors (Lipinski definition) is 4. The van der Waals surface area contributed by atoms with Gasteiger partial charge in [0.2, 0.25) is 5.91 Å². The zero-order chi connectivity index (χ0) is 12.9. The van der Waals surface area contributed by atoms with E-state index in [9.17, 15) is 4.79 Å². The molecule has 2 atom stereocenters. The van der Waals surface area contributed by atoms with Crippen molar-refractivity contribution in [3.05, 3.63) is 0 Å². The van der Waals surface area contributed by atoms with Crippen LogP contribution < -0.4 is 10.6 Å². The summed E-state index contributed by atoms with van der Waals surface area (Å²) in [5.41, 5.74) is -0.192. The van der Waals surface area contributed by atoms with Crippen molar-refractivity contribution in [1.82, 2.24) is 10.6 Å². The van der Waals surface area contributed by atoms with Crippen molar-refractivity contribution >= 4 is 5.91 Å². The van der Waals surface area contributed by atoms with Crippen molar-refractivity contribution in [2.24, 2.45) is 0 Å². The summed E-state index contributed by atoms with van der Waals surface area (Å²) in [5.74, 6) is 0.0181. The fourth-order valence-electron chi connectivity index (χ4n) is 1.54. The zero-order valence-corrected chi connectivity index (χ0v) is 11.2. The molecule has 100 valence electrons. The van der Waals surface area contributed by atoms with Gasteiger partial charge in [-0.3, -0.25) is 4.79 Å². The first-order valence-corrected chi connectivity index (χ1v) is 6.13. The molecule has 1 rings (SSSR count). The first kappa shape index (κ1) is 14.4. The van der Waals surface area contributed by atoms with Gasteiger partial charge in [0.1, 0.15) is 6.79 Å². The molecule has 5 heteroatoms. The predicted molar refractivity (Wildman–Crippen MR) is 65.7 cm³/mol. The van der Waals surface area contributed by atoms with E-state index in [0.29, 0.717) is 13.3 Å². The quantitative estimate of drug-likeness (QED) is 0.762. The molecule has 1 saturated heterocycles. The van der Waals surface area contributed by atoms with E-state index >= 15 is 0 Å². The fourth-order valence-corrected chi connectivity index (χ4v) is 1.54. The van der Waals surface area contributed by atoms with Gasteiger partial charge in [-0.05, 0) is 34.1 Å². The van der Waals surface area contributed by atoms with Gasteiger partial charge in [-0.2, -0.15) is 0 Å². The molecule has 0 saturated carbocycles. The minimum atomic E-state index is -0.208. The molecule has 1 amide bonds. The molecule has 17 heavy (non-hydrogen) atoms. The van der Waals surface area contributed by atoms with Gasteiger partial charge in [0.25, 0.3) is 0 Å². The van der Waals surface area contributed by atoms with Crippen LogP contribution in [0.15, 0.2) is 0 Å². The average molecular weight is 244 g/mol. The molecule has 1 aliphatic rings. The van der Waals surface area contributed by atoms with Gasteiger partial charge in [0.05, 0.1) is 18.8 Å². The van der Waals surface area contributed by atoms with Crippen LogP contribution in [0, 0.1) is 0 Å². The van der Waals surface area contributed by atoms with E-state index in [2.05, 4.69) is 10.6 Å². The topological polar surface area (TPSA) is 59.6 Å². The summed E-state index contributed by atoms with van der Waals surface area (Å²) in [6.45, 7) is 9.55. The maximum Gasteiger partial charge on any atom is 0.237 e. The Bertz CT molecular complexity index is 245. The highest BCUT2D eigenvalue weighted by Crippen LogP contribution is 2.05. The third kappa shape index (κ3) is 6.00. The summed E-state index contributed by atoms with van der Waals surface area (Å²) >= 11 is 0. The lowest BCUT2D eigenvalue weighted by Gasteiger charge is -2.26. The van der Waals surface area contributed by atoms with Crippen molar-refractivity contribution in [3.8, 4) is 0 Å². The van der Waals surface area contributed by atoms with Crippen molar-refractivity contribution in [2.75, 3.05) is 19.9 Å². The van der Waals surface area contributed by atoms with E-state index in [-0.39, 0.29) is 23.6 Å². The monoisotopic (exact) mass is 244 g/mol. The Morgan fingerprint density at radius 1 is 1.47 bits per heavy atom. The Hall–Kier alpha value is -0.650. The Morgan fingerprint density at radius 3 is 2.71 bits per heavy atom. The van der Waals surface area contributed by atoms with Crippen LogP contribution in [0.2, 0.25) is 0 Å². The number of carbonyl (C=O) groups is 1. The maximum atomic E-state index is 11.8. The minimum absolute atomic E-state index is 0.0181. The SMILES string of the molecule is CC(NCC1CCOCO1)C(=O)NC(C)(C)C. The molecule has 0 radical (unpaired) electrons. The van der Waals surface area contributed by atoms with Crippen LogP contribution in [0.1, 0.15) is 34.1 Å². The van der Waals surface area contributed by atoms with Crippen molar-refractivity contribution < 1.29 is 14.3 Å². The van der Waals surface area contributed by atoms with Crippen LogP contribution in [-0.4, -0.2) is 43.5 Å². The van der Waals surface area contributed by atoms with Gasteiger partial charge < -0.3 is 20.1 Å². The van der Waals surface area contributed by atoms with Gasteiger partial charge in [-0.25, -0.2) is 0 Å². The van der Waals surface area contributed by atoms with Gasteiger partial charge in [-0.1, -0.05) is 0 Å². The molecule has 0 aromatic rings. The third-order valence-electron chi connectivity index (χ3n) is 2.51. The minimum Gasteiger partial charge on any atom is -0.355 e. The number of nitrogens with one attached hydrogen (secondary N) is 2. The second-order valence-electron chi connectivity index (χ2n) is 5.47. The zero-order valence-electron chi connectivity index (χ0n) is 11.2. The lowest BCUT2D eigenvalue weighted by atomic mass is 10.1. The summed E-state index contributed by atoms with van der Waals surface area (Å²) < 4.78 is 10.5. The van der Waals surface area contributed by atoms with Gasteiger partial charge in [0, 0.05) is 12.1 Å². The number of ether oxygens (including phenoxy) is 2. The van der Waals surface area contributed by atoms with E-state index in [4.69, 9.17) is 9.47 Å². The van der Waals surface area contributed by atoms with Crippen LogP contribution in [0.4, 0.5) is 0 Å². The first-order valence-electron chi connectivity index (χ1n) is 6.13. The Balaban J connectivity index is 2.23. The molecule has 2 unspecified atom stereocenters. The molecule has 5 nitrogen and oxygen atoms in total. The van der Waals surface area contributed by atoms with Crippen molar-refractivity contribution in [1.29, 1.82) is 0 Å². The molecule has 1 fully saturated rings. The molecular weight excluding hydrogens is 220 g/mol. The Kier molecular flexibility index (Phi) is 5.36. The first-order chi connectivity index (χ1) is 7.88. The normalized spacial score (nSPS) is 23.2. The highest BCUT2D eigenvalue weighted by atomic mass is 16.7. The third-order valence-corrected chi connectivity index (χ3v) is 2.51. The molecule has 0 spiro atoms. The maximum absolute atomic E-state index is 11.8. The van der Waals surface area contributed by atoms with E-state index in [0.717, 1.165) is 13.0 Å². The molecule has 0 bridgehead atoms. The van der Waals surface area contributed by atoms with E-state index in [1.165, 1.54) is 0 Å². The number of rotatable bonds is 4. The molecule has 2 N–H and O–H groups in total. The van der Waals surface area contributed by atoms with Crippen LogP contribution in [-0.2, 0) is 14.3 Å². The summed E-state index contributed by atoms with van der Waals surface area (Å²) in [7, 11) is 0. The standard InChI is InChI=1S/C12H24N2O3/c1-9(11(15)14-12(2,3)4)13-7-10-5-6-16-8-17-10/h9-10,13H,5-8H2,1-4H3,(H,14,15). The van der Waals surface area contributed by atoms with Crippen molar-refractivity contribution in [3.63, 3.8) is 0 Å². The van der Waals surface area contributed by atoms with Gasteiger partial charge >= 0.3 is 0 Å². The molecule has 0 aromatic carbocycles. The highest BCUT2D eigenvalue weighted by molar-refractivity contribution is 5.81. The Labute approximate surface area is 103 Å². The molecule has 1 aliphatic heterocycles. The van der Waals surface area contributed by atoms with Crippen LogP contribution in [0.25, 0.3) is 0 Å². The van der Waals surface area contributed by atoms with Gasteiger partial charge in [0.15, 0.2) is 0 Å². The molecular formula is C12H24N2O3. The predicted octanol–water partition coefficient (Wildman–Crippen LogP) is 0.642. The average Bonchev–Trinajstić information content (AvgIpc) is 2.25. The number of carbonyl (C=O) groups excluding carboxylic acids is 1. The lowest BCUT2D eigenvalue weighted by Crippen LogP contribution is -2.51. The fraction of sp³-hybridized carbons (Fsp3) is 0.917. The molecule has 0 aromatic heterocycles. The smallest absolute Gasteiger partial charge is 0.237 e. The molecule has 1 heterocycles. The highest BCUT2D eigenvalue weighted by Gasteiger charge is 2.21. The van der Waals surface area contributed by atoms with Crippen LogP contribution in [0.5, 0.6) is 0 Å². The van der Waals surface area contributed by atoms with E-state index < -0.39 is 0 Å². The van der Waals surface area contributed by atoms with Crippen LogP contribution >= 0.6 is 0 Å². The van der Waals surface area contributed by atoms with Gasteiger partial charge in [-0.15, -0.1) is 0 Å². The van der Waals surface area contributed by atoms with Crippen molar-refractivity contribution in [2.45, 2.75) is 51.8 Å². The van der Waals surface area contributed by atoms with Crippen LogP contribution in [0.3, 0.4) is 0 Å². The van der Waals surface area contributed by atoms with E-state index in [1.807, 2.05) is 27.7 Å². The summed E-state index contributed by atoms with van der Waals surface area (Å²) in [5, 5.41) is 6.12. The number of amides is 1. The second-order valence-corrected chi connectivity index (χ2v) is 5.47. The lowest BCUT2D eigenvalue weighted by molar-refractivity contribution is -0.138. The summed E-state index contributed by atoms with van der Waals surface area (Å²) in [6, 6.07) is -0.208. The second kappa shape index (κ2) is 6.33.